The van der Waals surface area contributed by atoms with Crippen molar-refractivity contribution in [3.05, 3.63) is 83.9 Å². The lowest BCUT2D eigenvalue weighted by molar-refractivity contribution is -0.130. The molecule has 1 aliphatic rings. The van der Waals surface area contributed by atoms with E-state index in [1.807, 2.05) is 50.7 Å². The van der Waals surface area contributed by atoms with Crippen molar-refractivity contribution in [2.45, 2.75) is 37.6 Å². The van der Waals surface area contributed by atoms with E-state index in [0.29, 0.717) is 0 Å². The largest absolute Gasteiger partial charge is 0.348 e. The summed E-state index contributed by atoms with van der Waals surface area (Å²) in [6.07, 6.45) is 8.78. The summed E-state index contributed by atoms with van der Waals surface area (Å²) in [7, 11) is 3.68. The van der Waals surface area contributed by atoms with Gasteiger partial charge in [0.2, 0.25) is 5.91 Å². The first kappa shape index (κ1) is 20.1. The van der Waals surface area contributed by atoms with E-state index in [1.165, 1.54) is 5.56 Å². The van der Waals surface area contributed by atoms with Crippen molar-refractivity contribution in [1.29, 1.82) is 0 Å². The summed E-state index contributed by atoms with van der Waals surface area (Å²) >= 11 is 0. The van der Waals surface area contributed by atoms with Crippen LogP contribution in [0.3, 0.4) is 0 Å². The van der Waals surface area contributed by atoms with Gasteiger partial charge in [-0.15, -0.1) is 0 Å². The van der Waals surface area contributed by atoms with Crippen LogP contribution in [0.5, 0.6) is 0 Å². The fourth-order valence-corrected chi connectivity index (χ4v) is 4.20. The molecule has 146 valence electrons. The first-order chi connectivity index (χ1) is 13.6. The zero-order valence-electron chi connectivity index (χ0n) is 17.1. The second-order valence-electron chi connectivity index (χ2n) is 7.80. The summed E-state index contributed by atoms with van der Waals surface area (Å²) in [6, 6.07) is 20.7. The number of benzene rings is 2. The second kappa shape index (κ2) is 9.01. The minimum Gasteiger partial charge on any atom is -0.348 e. The summed E-state index contributed by atoms with van der Waals surface area (Å²) in [6.45, 7) is 2.19. The van der Waals surface area contributed by atoms with E-state index in [9.17, 15) is 4.79 Å². The van der Waals surface area contributed by atoms with Gasteiger partial charge in [0.1, 0.15) is 0 Å². The van der Waals surface area contributed by atoms with E-state index >= 15 is 0 Å². The number of allylic oxidation sites excluding steroid dienone is 1. The molecule has 28 heavy (non-hydrogen) atoms. The molecule has 1 aliphatic heterocycles. The van der Waals surface area contributed by atoms with Crippen molar-refractivity contribution >= 4 is 12.1 Å². The van der Waals surface area contributed by atoms with E-state index in [2.05, 4.69) is 49.4 Å². The molecule has 0 bridgehead atoms. The van der Waals surface area contributed by atoms with Crippen molar-refractivity contribution in [3.8, 4) is 0 Å². The lowest BCUT2D eigenvalue weighted by Crippen LogP contribution is -2.38. The molecule has 0 spiro atoms. The second-order valence-corrected chi connectivity index (χ2v) is 7.80. The molecule has 2 aromatic rings. The molecule has 3 atom stereocenters. The number of carbonyl (C=O) groups excluding carboxylic acids is 1. The maximum Gasteiger partial charge on any atom is 0.229 e. The molecule has 3 unspecified atom stereocenters. The predicted molar refractivity (Wildman–Crippen MR) is 117 cm³/mol. The maximum absolute atomic E-state index is 13.1. The summed E-state index contributed by atoms with van der Waals surface area (Å²) in [5.74, 6) is 0.225. The van der Waals surface area contributed by atoms with Crippen LogP contribution in [-0.2, 0) is 11.2 Å². The van der Waals surface area contributed by atoms with E-state index in [0.717, 1.165) is 24.8 Å². The highest BCUT2D eigenvalue weighted by molar-refractivity contribution is 5.83. The topological polar surface area (TPSA) is 32.7 Å². The molecule has 0 saturated carbocycles. The van der Waals surface area contributed by atoms with E-state index < -0.39 is 0 Å². The lowest BCUT2D eigenvalue weighted by Gasteiger charge is -2.36. The number of nitrogens with zero attached hydrogens (tertiary/aromatic N) is 2. The molecule has 3 rings (SSSR count). The highest BCUT2D eigenvalue weighted by Crippen LogP contribution is 2.39. The van der Waals surface area contributed by atoms with Crippen LogP contribution in [0.25, 0.3) is 0 Å². The summed E-state index contributed by atoms with van der Waals surface area (Å²) in [5, 5.41) is 0. The van der Waals surface area contributed by atoms with Crippen LogP contribution >= 0.6 is 0 Å². The van der Waals surface area contributed by atoms with Gasteiger partial charge in [-0.3, -0.25) is 9.79 Å². The third kappa shape index (κ3) is 4.41. The van der Waals surface area contributed by atoms with Gasteiger partial charge in [0.15, 0.2) is 0 Å². The van der Waals surface area contributed by atoms with Crippen molar-refractivity contribution in [3.63, 3.8) is 0 Å². The van der Waals surface area contributed by atoms with E-state index in [1.54, 1.807) is 4.90 Å². The maximum atomic E-state index is 13.1. The van der Waals surface area contributed by atoms with Crippen molar-refractivity contribution in [2.24, 2.45) is 10.9 Å². The molecule has 1 amide bonds. The van der Waals surface area contributed by atoms with Gasteiger partial charge in [-0.2, -0.15) is 0 Å². The Morgan fingerprint density at radius 3 is 2.21 bits per heavy atom. The first-order valence-electron chi connectivity index (χ1n) is 10.1. The van der Waals surface area contributed by atoms with Gasteiger partial charge in [0.25, 0.3) is 0 Å². The standard InChI is InChI=1S/C25H30N2O/c1-4-25(16-11-17-26-25)22(18-20-12-7-5-8-13-20)19-23(24(28)27(2)3)21-14-9-6-10-15-21/h5-17,22-23H,4,18-19H2,1-3H3. The fourth-order valence-electron chi connectivity index (χ4n) is 4.20. The third-order valence-corrected chi connectivity index (χ3v) is 5.85. The summed E-state index contributed by atoms with van der Waals surface area (Å²) in [5.41, 5.74) is 2.13. The van der Waals surface area contributed by atoms with Gasteiger partial charge in [-0.25, -0.2) is 0 Å². The number of carbonyl (C=O) groups is 1. The highest BCUT2D eigenvalue weighted by atomic mass is 16.2. The molecule has 0 aliphatic carbocycles. The van der Waals surface area contributed by atoms with Crippen LogP contribution in [0, 0.1) is 5.92 Å². The Bertz CT molecular complexity index is 812. The molecule has 0 fully saturated rings. The van der Waals surface area contributed by atoms with Gasteiger partial charge >= 0.3 is 0 Å². The van der Waals surface area contributed by atoms with Crippen LogP contribution in [0.15, 0.2) is 77.8 Å². The smallest absolute Gasteiger partial charge is 0.229 e. The molecule has 3 nitrogen and oxygen atoms in total. The van der Waals surface area contributed by atoms with Crippen molar-refractivity contribution < 1.29 is 4.79 Å². The number of amides is 1. The number of rotatable bonds is 8. The monoisotopic (exact) mass is 374 g/mol. The molecule has 3 heteroatoms. The Labute approximate surface area is 168 Å². The van der Waals surface area contributed by atoms with Gasteiger partial charge < -0.3 is 4.90 Å². The number of aliphatic imine (C=N–C) groups is 1. The summed E-state index contributed by atoms with van der Waals surface area (Å²) < 4.78 is 0. The minimum absolute atomic E-state index is 0.154. The molecule has 0 aromatic heterocycles. The van der Waals surface area contributed by atoms with E-state index in [-0.39, 0.29) is 23.3 Å². The van der Waals surface area contributed by atoms with Crippen LogP contribution in [0.4, 0.5) is 0 Å². The van der Waals surface area contributed by atoms with Crippen molar-refractivity contribution in [2.75, 3.05) is 14.1 Å². The van der Waals surface area contributed by atoms with Gasteiger partial charge in [0, 0.05) is 20.3 Å². The van der Waals surface area contributed by atoms with Gasteiger partial charge in [0.05, 0.1) is 11.5 Å². The fraction of sp³-hybridized carbons (Fsp3) is 0.360. The number of hydrogen-bond acceptors (Lipinski definition) is 2. The average Bonchev–Trinajstić information content (AvgIpc) is 3.22. The quantitative estimate of drug-likeness (QED) is 0.647. The Morgan fingerprint density at radius 2 is 1.68 bits per heavy atom. The molecular weight excluding hydrogens is 344 g/mol. The third-order valence-electron chi connectivity index (χ3n) is 5.85. The zero-order valence-corrected chi connectivity index (χ0v) is 17.1. The Kier molecular flexibility index (Phi) is 6.45. The molecule has 0 saturated heterocycles. The average molecular weight is 375 g/mol. The van der Waals surface area contributed by atoms with Gasteiger partial charge in [-0.05, 0) is 42.4 Å². The highest BCUT2D eigenvalue weighted by Gasteiger charge is 2.39. The van der Waals surface area contributed by atoms with Crippen LogP contribution in [0.1, 0.15) is 36.8 Å². The van der Waals surface area contributed by atoms with Crippen LogP contribution < -0.4 is 0 Å². The Hall–Kier alpha value is -2.68. The minimum atomic E-state index is -0.241. The normalized spacial score (nSPS) is 20.1. The van der Waals surface area contributed by atoms with Gasteiger partial charge in [-0.1, -0.05) is 73.7 Å². The SMILES string of the molecule is CCC1(C(Cc2ccccc2)CC(C(=O)N(C)C)c2ccccc2)C=CC=N1. The number of likely N-dealkylation sites (N-methyl/N-ethyl adjacent to an activating group) is 1. The molecule has 1 heterocycles. The first-order valence-corrected chi connectivity index (χ1v) is 10.1. The zero-order chi connectivity index (χ0) is 20.0. The Balaban J connectivity index is 1.97. The molecule has 0 radical (unpaired) electrons. The molecule has 0 N–H and O–H groups in total. The Morgan fingerprint density at radius 1 is 1.04 bits per heavy atom. The lowest BCUT2D eigenvalue weighted by atomic mass is 9.73. The van der Waals surface area contributed by atoms with Crippen molar-refractivity contribution in [1.82, 2.24) is 4.90 Å². The molecule has 2 aromatic carbocycles. The predicted octanol–water partition coefficient (Wildman–Crippen LogP) is 4.90. The van der Waals surface area contributed by atoms with Crippen LogP contribution in [-0.4, -0.2) is 36.7 Å². The number of hydrogen-bond donors (Lipinski definition) is 0. The molecular formula is C25H30N2O. The summed E-state index contributed by atoms with van der Waals surface area (Å²) in [4.78, 5) is 19.7. The van der Waals surface area contributed by atoms with Crippen LogP contribution in [0.2, 0.25) is 0 Å². The van der Waals surface area contributed by atoms with E-state index in [4.69, 9.17) is 4.99 Å².